The van der Waals surface area contributed by atoms with Gasteiger partial charge in [-0.2, -0.15) is 11.8 Å². The molecule has 0 saturated carbocycles. The molecule has 0 spiro atoms. The highest BCUT2D eigenvalue weighted by molar-refractivity contribution is 7.99. The molecule has 2 rings (SSSR count). The normalized spacial score (nSPS) is 18.7. The van der Waals surface area contributed by atoms with Crippen molar-refractivity contribution in [2.45, 2.75) is 13.0 Å². The van der Waals surface area contributed by atoms with Crippen LogP contribution < -0.4 is 5.32 Å². The van der Waals surface area contributed by atoms with Gasteiger partial charge in [0, 0.05) is 24.1 Å². The van der Waals surface area contributed by atoms with Crippen molar-refractivity contribution in [1.29, 1.82) is 0 Å². The van der Waals surface area contributed by atoms with Gasteiger partial charge in [-0.25, -0.2) is 14.0 Å². The number of rotatable bonds is 2. The van der Waals surface area contributed by atoms with E-state index in [-0.39, 0.29) is 23.3 Å². The van der Waals surface area contributed by atoms with Crippen LogP contribution in [0.4, 0.5) is 14.9 Å². The average Bonchev–Trinajstić information content (AvgIpc) is 2.41. The number of halogens is 1. The maximum Gasteiger partial charge on any atom is 0.335 e. The summed E-state index contributed by atoms with van der Waals surface area (Å²) in [6, 6.07) is 3.15. The molecule has 5 nitrogen and oxygen atoms in total. The summed E-state index contributed by atoms with van der Waals surface area (Å²) in [5.41, 5.74) is -0.159. The first kappa shape index (κ1) is 14.6. The second-order valence-electron chi connectivity index (χ2n) is 4.55. The lowest BCUT2D eigenvalue weighted by molar-refractivity contribution is 0.0696. The molecular formula is C13H15FN2O3S. The van der Waals surface area contributed by atoms with Crippen molar-refractivity contribution in [3.63, 3.8) is 0 Å². The van der Waals surface area contributed by atoms with Gasteiger partial charge in [-0.1, -0.05) is 0 Å². The third kappa shape index (κ3) is 3.22. The summed E-state index contributed by atoms with van der Waals surface area (Å²) in [6.45, 7) is 2.56. The summed E-state index contributed by atoms with van der Waals surface area (Å²) >= 11 is 1.78. The van der Waals surface area contributed by atoms with Crippen LogP contribution in [0.5, 0.6) is 0 Å². The van der Waals surface area contributed by atoms with E-state index in [1.54, 1.807) is 16.7 Å². The SMILES string of the molecule is CC1CSCCN1C(=O)Nc1ccc(C(=O)O)cc1F. The van der Waals surface area contributed by atoms with E-state index in [4.69, 9.17) is 5.11 Å². The fraction of sp³-hybridized carbons (Fsp3) is 0.385. The number of nitrogens with zero attached hydrogens (tertiary/aromatic N) is 1. The molecule has 1 heterocycles. The fourth-order valence-electron chi connectivity index (χ4n) is 1.97. The highest BCUT2D eigenvalue weighted by Crippen LogP contribution is 2.20. The number of carboxylic acids is 1. The quantitative estimate of drug-likeness (QED) is 0.880. The molecule has 2 amide bonds. The molecule has 1 unspecified atom stereocenters. The molecule has 0 bridgehead atoms. The van der Waals surface area contributed by atoms with E-state index < -0.39 is 11.8 Å². The van der Waals surface area contributed by atoms with Gasteiger partial charge in [0.25, 0.3) is 0 Å². The molecule has 1 atom stereocenters. The van der Waals surface area contributed by atoms with Gasteiger partial charge in [0.2, 0.25) is 0 Å². The number of amides is 2. The van der Waals surface area contributed by atoms with Gasteiger partial charge in [0.15, 0.2) is 0 Å². The van der Waals surface area contributed by atoms with E-state index in [1.165, 1.54) is 12.1 Å². The smallest absolute Gasteiger partial charge is 0.335 e. The number of benzene rings is 1. The van der Waals surface area contributed by atoms with Gasteiger partial charge >= 0.3 is 12.0 Å². The maximum absolute atomic E-state index is 13.7. The van der Waals surface area contributed by atoms with Crippen LogP contribution in [-0.2, 0) is 0 Å². The van der Waals surface area contributed by atoms with Crippen LogP contribution >= 0.6 is 11.8 Å². The van der Waals surface area contributed by atoms with Crippen LogP contribution in [0.15, 0.2) is 18.2 Å². The van der Waals surface area contributed by atoms with Crippen molar-refractivity contribution >= 4 is 29.4 Å². The number of hydrogen-bond acceptors (Lipinski definition) is 3. The monoisotopic (exact) mass is 298 g/mol. The molecule has 7 heteroatoms. The predicted molar refractivity (Wildman–Crippen MR) is 75.9 cm³/mol. The zero-order valence-electron chi connectivity index (χ0n) is 10.9. The zero-order chi connectivity index (χ0) is 14.7. The summed E-state index contributed by atoms with van der Waals surface area (Å²) in [7, 11) is 0. The van der Waals surface area contributed by atoms with Gasteiger partial charge in [-0.3, -0.25) is 0 Å². The van der Waals surface area contributed by atoms with Crippen LogP contribution in [0.2, 0.25) is 0 Å². The standard InChI is InChI=1S/C13H15FN2O3S/c1-8-7-20-5-4-16(8)13(19)15-11-3-2-9(12(17)18)6-10(11)14/h2-3,6,8H,4-5,7H2,1H3,(H,15,19)(H,17,18). The number of anilines is 1. The first-order valence-electron chi connectivity index (χ1n) is 6.17. The van der Waals surface area contributed by atoms with Crippen molar-refractivity contribution < 1.29 is 19.1 Å². The summed E-state index contributed by atoms with van der Waals surface area (Å²) < 4.78 is 13.7. The number of hydrogen-bond donors (Lipinski definition) is 2. The van der Waals surface area contributed by atoms with Crippen molar-refractivity contribution in [3.05, 3.63) is 29.6 Å². The Bertz CT molecular complexity index is 538. The molecule has 0 aliphatic carbocycles. The summed E-state index contributed by atoms with van der Waals surface area (Å²) in [5, 5.41) is 11.2. The molecule has 2 N–H and O–H groups in total. The Morgan fingerprint density at radius 2 is 2.25 bits per heavy atom. The number of nitrogens with one attached hydrogen (secondary N) is 1. The Morgan fingerprint density at radius 1 is 1.50 bits per heavy atom. The predicted octanol–water partition coefficient (Wildman–Crippen LogP) is 2.49. The zero-order valence-corrected chi connectivity index (χ0v) is 11.7. The highest BCUT2D eigenvalue weighted by Gasteiger charge is 2.24. The molecule has 1 aromatic rings. The number of urea groups is 1. The van der Waals surface area contributed by atoms with E-state index in [0.717, 1.165) is 17.6 Å². The van der Waals surface area contributed by atoms with Crippen LogP contribution in [0.3, 0.4) is 0 Å². The van der Waals surface area contributed by atoms with E-state index in [2.05, 4.69) is 5.32 Å². The molecule has 0 aromatic heterocycles. The fourth-order valence-corrected chi connectivity index (χ4v) is 2.98. The molecule has 20 heavy (non-hydrogen) atoms. The number of aromatic carboxylic acids is 1. The van der Waals surface area contributed by atoms with Crippen LogP contribution in [0, 0.1) is 5.82 Å². The Balaban J connectivity index is 2.09. The van der Waals surface area contributed by atoms with Crippen molar-refractivity contribution in [1.82, 2.24) is 4.90 Å². The molecule has 1 aliphatic rings. The second-order valence-corrected chi connectivity index (χ2v) is 5.70. The third-order valence-corrected chi connectivity index (χ3v) is 4.28. The lowest BCUT2D eigenvalue weighted by atomic mass is 10.2. The van der Waals surface area contributed by atoms with E-state index in [0.29, 0.717) is 6.54 Å². The van der Waals surface area contributed by atoms with E-state index in [1.807, 2.05) is 6.92 Å². The molecule has 108 valence electrons. The molecule has 0 radical (unpaired) electrons. The second kappa shape index (κ2) is 6.13. The number of carbonyl (C=O) groups excluding carboxylic acids is 1. The Hall–Kier alpha value is -1.76. The Morgan fingerprint density at radius 3 is 2.85 bits per heavy atom. The number of carboxylic acid groups (broad SMARTS) is 1. The van der Waals surface area contributed by atoms with Crippen LogP contribution in [0.1, 0.15) is 17.3 Å². The lowest BCUT2D eigenvalue weighted by Gasteiger charge is -2.33. The van der Waals surface area contributed by atoms with Crippen molar-refractivity contribution in [2.24, 2.45) is 0 Å². The molecule has 1 aromatic carbocycles. The summed E-state index contributed by atoms with van der Waals surface area (Å²) in [4.78, 5) is 24.4. The number of thioether (sulfide) groups is 1. The topological polar surface area (TPSA) is 69.6 Å². The van der Waals surface area contributed by atoms with Crippen LogP contribution in [-0.4, -0.2) is 46.1 Å². The van der Waals surface area contributed by atoms with Gasteiger partial charge in [-0.15, -0.1) is 0 Å². The molecule has 1 fully saturated rings. The minimum Gasteiger partial charge on any atom is -0.478 e. The van der Waals surface area contributed by atoms with Crippen molar-refractivity contribution in [2.75, 3.05) is 23.4 Å². The summed E-state index contributed by atoms with van der Waals surface area (Å²) in [5.74, 6) is -0.243. The van der Waals surface area contributed by atoms with E-state index >= 15 is 0 Å². The van der Waals surface area contributed by atoms with Gasteiger partial charge in [-0.05, 0) is 25.1 Å². The summed E-state index contributed by atoms with van der Waals surface area (Å²) in [6.07, 6.45) is 0. The first-order valence-corrected chi connectivity index (χ1v) is 7.32. The molecule has 1 saturated heterocycles. The lowest BCUT2D eigenvalue weighted by Crippen LogP contribution is -2.46. The third-order valence-electron chi connectivity index (χ3n) is 3.09. The maximum atomic E-state index is 13.7. The minimum absolute atomic E-state index is 0.00886. The highest BCUT2D eigenvalue weighted by atomic mass is 32.2. The van der Waals surface area contributed by atoms with Gasteiger partial charge < -0.3 is 15.3 Å². The van der Waals surface area contributed by atoms with Gasteiger partial charge in [0.1, 0.15) is 5.82 Å². The average molecular weight is 298 g/mol. The Kier molecular flexibility index (Phi) is 4.49. The van der Waals surface area contributed by atoms with Gasteiger partial charge in [0.05, 0.1) is 11.3 Å². The largest absolute Gasteiger partial charge is 0.478 e. The molecule has 1 aliphatic heterocycles. The van der Waals surface area contributed by atoms with Crippen molar-refractivity contribution in [3.8, 4) is 0 Å². The van der Waals surface area contributed by atoms with Crippen LogP contribution in [0.25, 0.3) is 0 Å². The first-order chi connectivity index (χ1) is 9.49. The van der Waals surface area contributed by atoms with E-state index in [9.17, 15) is 14.0 Å². The molecular weight excluding hydrogens is 283 g/mol. The minimum atomic E-state index is -1.21. The number of carbonyl (C=O) groups is 2. The Labute approximate surface area is 120 Å².